The third-order valence-corrected chi connectivity index (χ3v) is 3.39. The summed E-state index contributed by atoms with van der Waals surface area (Å²) in [6.45, 7) is 3.74. The van der Waals surface area contributed by atoms with E-state index in [0.29, 0.717) is 17.4 Å². The molecular formula is C12H14BrN3O2. The number of aromatic nitrogens is 2. The maximum Gasteiger partial charge on any atom is 0.259 e. The summed E-state index contributed by atoms with van der Waals surface area (Å²) in [5.41, 5.74) is 6.56. The molecule has 2 rings (SSSR count). The summed E-state index contributed by atoms with van der Waals surface area (Å²) >= 11 is 3.43. The normalized spacial score (nSPS) is 11.8. The van der Waals surface area contributed by atoms with Crippen LogP contribution in [0.15, 0.2) is 27.2 Å². The molecule has 0 spiro atoms. The van der Waals surface area contributed by atoms with Crippen LogP contribution < -0.4 is 5.73 Å². The van der Waals surface area contributed by atoms with E-state index in [4.69, 9.17) is 15.0 Å². The number of halogens is 1. The lowest BCUT2D eigenvalue weighted by Crippen LogP contribution is -2.21. The van der Waals surface area contributed by atoms with Crippen LogP contribution in [-0.2, 0) is 10.3 Å². The minimum absolute atomic E-state index is 0.411. The number of nitrogens with two attached hydrogens (primary N) is 1. The third kappa shape index (κ3) is 2.39. The number of methoxy groups -OCH3 is 1. The first-order chi connectivity index (χ1) is 8.44. The molecule has 5 nitrogen and oxygen atoms in total. The summed E-state index contributed by atoms with van der Waals surface area (Å²) in [6.07, 6.45) is 0. The highest BCUT2D eigenvalue weighted by Crippen LogP contribution is 2.30. The second-order valence-electron chi connectivity index (χ2n) is 4.38. The van der Waals surface area contributed by atoms with Crippen LogP contribution in [0.4, 0.5) is 5.69 Å². The van der Waals surface area contributed by atoms with Crippen molar-refractivity contribution in [1.82, 2.24) is 10.1 Å². The molecule has 18 heavy (non-hydrogen) atoms. The Morgan fingerprint density at radius 2 is 2.11 bits per heavy atom. The van der Waals surface area contributed by atoms with Crippen molar-refractivity contribution in [3.05, 3.63) is 28.5 Å². The van der Waals surface area contributed by atoms with E-state index in [1.54, 1.807) is 19.2 Å². The van der Waals surface area contributed by atoms with Crippen LogP contribution in [0.5, 0.6) is 0 Å². The summed E-state index contributed by atoms with van der Waals surface area (Å²) in [5, 5.41) is 3.93. The average Bonchev–Trinajstić information content (AvgIpc) is 2.82. The van der Waals surface area contributed by atoms with E-state index >= 15 is 0 Å². The fourth-order valence-electron chi connectivity index (χ4n) is 1.38. The van der Waals surface area contributed by atoms with Crippen molar-refractivity contribution in [2.75, 3.05) is 12.8 Å². The minimum atomic E-state index is -0.589. The van der Waals surface area contributed by atoms with Crippen LogP contribution in [0.1, 0.15) is 19.7 Å². The Hall–Kier alpha value is -1.40. The maximum atomic E-state index is 5.75. The molecule has 2 N–H and O–H groups in total. The molecule has 0 aliphatic rings. The predicted molar refractivity (Wildman–Crippen MR) is 71.9 cm³/mol. The van der Waals surface area contributed by atoms with Gasteiger partial charge in [0.2, 0.25) is 5.82 Å². The molecule has 0 unspecified atom stereocenters. The van der Waals surface area contributed by atoms with Crippen molar-refractivity contribution in [2.24, 2.45) is 0 Å². The quantitative estimate of drug-likeness (QED) is 0.882. The van der Waals surface area contributed by atoms with Gasteiger partial charge in [-0.15, -0.1) is 0 Å². The molecule has 0 saturated carbocycles. The van der Waals surface area contributed by atoms with Crippen molar-refractivity contribution in [2.45, 2.75) is 19.4 Å². The van der Waals surface area contributed by atoms with Crippen LogP contribution in [0.25, 0.3) is 11.5 Å². The highest BCUT2D eigenvalue weighted by atomic mass is 79.9. The number of hydrogen-bond acceptors (Lipinski definition) is 5. The summed E-state index contributed by atoms with van der Waals surface area (Å²) < 4.78 is 11.4. The van der Waals surface area contributed by atoms with Crippen LogP contribution in [0.3, 0.4) is 0 Å². The van der Waals surface area contributed by atoms with Crippen LogP contribution >= 0.6 is 15.9 Å². The topological polar surface area (TPSA) is 74.2 Å². The van der Waals surface area contributed by atoms with E-state index in [9.17, 15) is 0 Å². The van der Waals surface area contributed by atoms with Gasteiger partial charge >= 0.3 is 0 Å². The first-order valence-electron chi connectivity index (χ1n) is 5.39. The highest BCUT2D eigenvalue weighted by molar-refractivity contribution is 9.10. The van der Waals surface area contributed by atoms with Gasteiger partial charge in [-0.2, -0.15) is 4.98 Å². The monoisotopic (exact) mass is 311 g/mol. The van der Waals surface area contributed by atoms with Gasteiger partial charge in [0.1, 0.15) is 5.60 Å². The smallest absolute Gasteiger partial charge is 0.259 e. The lowest BCUT2D eigenvalue weighted by atomic mass is 10.1. The zero-order valence-corrected chi connectivity index (χ0v) is 12.0. The molecular weight excluding hydrogens is 298 g/mol. The van der Waals surface area contributed by atoms with E-state index in [2.05, 4.69) is 26.1 Å². The summed E-state index contributed by atoms with van der Waals surface area (Å²) in [6, 6.07) is 5.42. The number of nitrogens with zero attached hydrogens (tertiary/aromatic N) is 2. The second kappa shape index (κ2) is 4.70. The standard InChI is InChI=1S/C12H14BrN3O2/c1-12(2,17-3)11-15-10(18-16-11)8-6-7(14)4-5-9(8)13/h4-6H,14H2,1-3H3. The first-order valence-corrected chi connectivity index (χ1v) is 6.18. The molecule has 2 aromatic rings. The lowest BCUT2D eigenvalue weighted by Gasteiger charge is -2.17. The highest BCUT2D eigenvalue weighted by Gasteiger charge is 2.26. The molecule has 96 valence electrons. The van der Waals surface area contributed by atoms with Crippen molar-refractivity contribution in [3.63, 3.8) is 0 Å². The van der Waals surface area contributed by atoms with Gasteiger partial charge in [0, 0.05) is 17.3 Å². The van der Waals surface area contributed by atoms with Gasteiger partial charge in [0.05, 0.1) is 5.56 Å². The van der Waals surface area contributed by atoms with Crippen LogP contribution in [0.2, 0.25) is 0 Å². The molecule has 0 aliphatic heterocycles. The third-order valence-electron chi connectivity index (χ3n) is 2.70. The van der Waals surface area contributed by atoms with Gasteiger partial charge in [-0.1, -0.05) is 5.16 Å². The minimum Gasteiger partial charge on any atom is -0.399 e. The Balaban J connectivity index is 2.44. The second-order valence-corrected chi connectivity index (χ2v) is 5.23. The SMILES string of the molecule is COC(C)(C)c1noc(-c2cc(N)ccc2Br)n1. The fraction of sp³-hybridized carbons (Fsp3) is 0.333. The van der Waals surface area contributed by atoms with Crippen molar-refractivity contribution in [1.29, 1.82) is 0 Å². The van der Waals surface area contributed by atoms with E-state index in [0.717, 1.165) is 10.0 Å². The number of rotatable bonds is 3. The van der Waals surface area contributed by atoms with E-state index < -0.39 is 5.60 Å². The lowest BCUT2D eigenvalue weighted by molar-refractivity contribution is 0.00973. The largest absolute Gasteiger partial charge is 0.399 e. The molecule has 0 atom stereocenters. The van der Waals surface area contributed by atoms with Gasteiger partial charge in [-0.25, -0.2) is 0 Å². The van der Waals surface area contributed by atoms with Crippen molar-refractivity contribution >= 4 is 21.6 Å². The van der Waals surface area contributed by atoms with Gasteiger partial charge < -0.3 is 15.0 Å². The van der Waals surface area contributed by atoms with Gasteiger partial charge in [0.15, 0.2) is 0 Å². The Kier molecular flexibility index (Phi) is 3.41. The van der Waals surface area contributed by atoms with Gasteiger partial charge in [-0.05, 0) is 48.0 Å². The van der Waals surface area contributed by atoms with Crippen LogP contribution in [-0.4, -0.2) is 17.3 Å². The fourth-order valence-corrected chi connectivity index (χ4v) is 1.79. The molecule has 1 heterocycles. The summed E-state index contributed by atoms with van der Waals surface area (Å²) in [7, 11) is 1.60. The summed E-state index contributed by atoms with van der Waals surface area (Å²) in [4.78, 5) is 4.34. The maximum absolute atomic E-state index is 5.75. The van der Waals surface area contributed by atoms with Gasteiger partial charge in [-0.3, -0.25) is 0 Å². The van der Waals surface area contributed by atoms with E-state index in [1.165, 1.54) is 0 Å². The molecule has 0 bridgehead atoms. The van der Waals surface area contributed by atoms with Crippen molar-refractivity contribution < 1.29 is 9.26 Å². The molecule has 0 fully saturated rings. The molecule has 0 amide bonds. The Bertz CT molecular complexity index is 566. The van der Waals surface area contributed by atoms with E-state index in [1.807, 2.05) is 19.9 Å². The average molecular weight is 312 g/mol. The molecule has 6 heteroatoms. The number of hydrogen-bond donors (Lipinski definition) is 1. The predicted octanol–water partition coefficient (Wildman–Crippen LogP) is 2.96. The Morgan fingerprint density at radius 1 is 1.39 bits per heavy atom. The zero-order chi connectivity index (χ0) is 13.3. The first kappa shape index (κ1) is 13.0. The van der Waals surface area contributed by atoms with Crippen molar-refractivity contribution in [3.8, 4) is 11.5 Å². The Labute approximate surface area is 113 Å². The Morgan fingerprint density at radius 3 is 2.78 bits per heavy atom. The van der Waals surface area contributed by atoms with Gasteiger partial charge in [0.25, 0.3) is 5.89 Å². The molecule has 1 aromatic heterocycles. The van der Waals surface area contributed by atoms with E-state index in [-0.39, 0.29) is 0 Å². The number of benzene rings is 1. The summed E-state index contributed by atoms with van der Waals surface area (Å²) in [5.74, 6) is 0.906. The molecule has 0 radical (unpaired) electrons. The van der Waals surface area contributed by atoms with Crippen LogP contribution in [0, 0.1) is 0 Å². The number of nitrogen functional groups attached to an aromatic ring is 1. The molecule has 1 aromatic carbocycles. The number of anilines is 1. The molecule has 0 saturated heterocycles. The number of ether oxygens (including phenoxy) is 1. The zero-order valence-electron chi connectivity index (χ0n) is 10.4. The molecule has 0 aliphatic carbocycles.